The Bertz CT molecular complexity index is 1290. The van der Waals surface area contributed by atoms with Crippen molar-refractivity contribution < 1.29 is 9.85 Å². The lowest BCUT2D eigenvalue weighted by Gasteiger charge is -2.13. The van der Waals surface area contributed by atoms with Gasteiger partial charge in [-0.25, -0.2) is 15.0 Å². The van der Waals surface area contributed by atoms with Gasteiger partial charge in [-0.1, -0.05) is 23.2 Å². The lowest BCUT2D eigenvalue weighted by molar-refractivity contribution is -0.386. The molecule has 0 saturated heterocycles. The van der Waals surface area contributed by atoms with Crippen LogP contribution in [0.15, 0.2) is 34.3 Å². The Morgan fingerprint density at radius 2 is 1.63 bits per heavy atom. The summed E-state index contributed by atoms with van der Waals surface area (Å²) in [5, 5.41) is 22.8. The maximum atomic E-state index is 11.3. The first-order valence-electron chi connectivity index (χ1n) is 7.47. The lowest BCUT2D eigenvalue weighted by atomic mass is 10.2. The normalized spacial score (nSPS) is 18.0. The molecule has 27 heavy (non-hydrogen) atoms. The van der Waals surface area contributed by atoms with Crippen molar-refractivity contribution in [2.24, 2.45) is 9.98 Å². The van der Waals surface area contributed by atoms with Crippen LogP contribution in [0.4, 0.5) is 11.4 Å². The van der Waals surface area contributed by atoms with E-state index in [9.17, 15) is 20.2 Å². The van der Waals surface area contributed by atoms with E-state index in [2.05, 4.69) is 20.0 Å². The standard InChI is InChI=1S/C15H8Cl2N6O4/c1-15(20-9-5-3-7(17)13(23(26)27)11(9)21-15)14-18-8-4-2-6(16)12(22(24)25)10(8)19-14/h2-5H,1H3,(H,18,19). The molecule has 0 bridgehead atoms. The average Bonchev–Trinajstić information content (AvgIpc) is 3.15. The van der Waals surface area contributed by atoms with Crippen molar-refractivity contribution >= 4 is 45.6 Å². The summed E-state index contributed by atoms with van der Waals surface area (Å²) in [6, 6.07) is 5.81. The van der Waals surface area contributed by atoms with Crippen LogP contribution in [0.3, 0.4) is 0 Å². The predicted molar refractivity (Wildman–Crippen MR) is 95.5 cm³/mol. The van der Waals surface area contributed by atoms with Gasteiger partial charge in [-0.15, -0.1) is 0 Å². The second-order valence-corrected chi connectivity index (χ2v) is 6.71. The Hall–Kier alpha value is -3.11. The number of H-pyrrole nitrogens is 1. The van der Waals surface area contributed by atoms with Gasteiger partial charge < -0.3 is 4.98 Å². The van der Waals surface area contributed by atoms with Crippen LogP contribution in [0.25, 0.3) is 11.0 Å². The molecule has 1 N–H and O–H groups in total. The van der Waals surface area contributed by atoms with Gasteiger partial charge in [0.2, 0.25) is 5.66 Å². The fraction of sp³-hybridized carbons (Fsp3) is 0.133. The summed E-state index contributed by atoms with van der Waals surface area (Å²) < 4.78 is 0. The largest absolute Gasteiger partial charge is 0.338 e. The molecule has 10 nitrogen and oxygen atoms in total. The van der Waals surface area contributed by atoms with Crippen LogP contribution in [0.5, 0.6) is 0 Å². The van der Waals surface area contributed by atoms with E-state index < -0.39 is 15.5 Å². The number of fused-ring (bicyclic) bond motifs is 2. The minimum atomic E-state index is -1.34. The molecule has 0 saturated carbocycles. The number of imidazole rings is 1. The molecule has 4 rings (SSSR count). The highest BCUT2D eigenvalue weighted by atomic mass is 35.5. The van der Waals surface area contributed by atoms with E-state index in [4.69, 9.17) is 23.2 Å². The van der Waals surface area contributed by atoms with Gasteiger partial charge in [0, 0.05) is 0 Å². The summed E-state index contributed by atoms with van der Waals surface area (Å²) in [5.41, 5.74) is -1.61. The first-order valence-corrected chi connectivity index (χ1v) is 8.22. The topological polar surface area (TPSA) is 140 Å². The molecule has 3 aromatic rings. The maximum Gasteiger partial charge on any atom is 0.315 e. The summed E-state index contributed by atoms with van der Waals surface area (Å²) in [5.74, 6) is 0.185. The number of hydrogen-bond donors (Lipinski definition) is 1. The van der Waals surface area contributed by atoms with Crippen LogP contribution in [0, 0.1) is 20.2 Å². The van der Waals surface area contributed by atoms with Crippen LogP contribution in [0.2, 0.25) is 10.0 Å². The number of aromatic nitrogens is 2. The summed E-state index contributed by atoms with van der Waals surface area (Å²) >= 11 is 11.8. The van der Waals surface area contributed by atoms with Crippen LogP contribution < -0.4 is 10.7 Å². The molecule has 1 aliphatic heterocycles. The highest BCUT2D eigenvalue weighted by Gasteiger charge is 2.35. The molecule has 136 valence electrons. The molecule has 0 fully saturated rings. The smallest absolute Gasteiger partial charge is 0.315 e. The van der Waals surface area contributed by atoms with Gasteiger partial charge >= 0.3 is 11.4 Å². The van der Waals surface area contributed by atoms with Gasteiger partial charge in [-0.2, -0.15) is 0 Å². The van der Waals surface area contributed by atoms with Gasteiger partial charge in [0.15, 0.2) is 16.7 Å². The molecule has 0 amide bonds. The van der Waals surface area contributed by atoms with Crippen molar-refractivity contribution in [3.05, 3.63) is 71.1 Å². The van der Waals surface area contributed by atoms with E-state index in [0.717, 1.165) is 0 Å². The van der Waals surface area contributed by atoms with Crippen molar-refractivity contribution in [1.82, 2.24) is 9.97 Å². The third kappa shape index (κ3) is 2.53. The Morgan fingerprint density at radius 3 is 2.30 bits per heavy atom. The van der Waals surface area contributed by atoms with Gasteiger partial charge in [-0.05, 0) is 31.2 Å². The van der Waals surface area contributed by atoms with E-state index >= 15 is 0 Å². The van der Waals surface area contributed by atoms with Crippen molar-refractivity contribution in [1.29, 1.82) is 0 Å². The Morgan fingerprint density at radius 1 is 1.00 bits per heavy atom. The van der Waals surface area contributed by atoms with Crippen LogP contribution in [-0.2, 0) is 5.66 Å². The van der Waals surface area contributed by atoms with Gasteiger partial charge in [0.05, 0.1) is 20.7 Å². The Labute approximate surface area is 159 Å². The van der Waals surface area contributed by atoms with Crippen molar-refractivity contribution in [3.8, 4) is 0 Å². The lowest BCUT2D eigenvalue weighted by Crippen LogP contribution is -2.24. The predicted octanol–water partition coefficient (Wildman–Crippen LogP) is 2.81. The summed E-state index contributed by atoms with van der Waals surface area (Å²) in [7, 11) is 0. The quantitative estimate of drug-likeness (QED) is 0.525. The van der Waals surface area contributed by atoms with Gasteiger partial charge in [0.25, 0.3) is 0 Å². The molecule has 1 aromatic heterocycles. The monoisotopic (exact) mass is 406 g/mol. The number of rotatable bonds is 3. The van der Waals surface area contributed by atoms with Crippen LogP contribution in [-0.4, -0.2) is 19.8 Å². The highest BCUT2D eigenvalue weighted by molar-refractivity contribution is 6.34. The molecule has 0 spiro atoms. The number of aromatic amines is 1. The second-order valence-electron chi connectivity index (χ2n) is 5.90. The molecule has 1 aliphatic rings. The van der Waals surface area contributed by atoms with Gasteiger partial charge in [0.1, 0.15) is 10.0 Å². The maximum absolute atomic E-state index is 11.3. The van der Waals surface area contributed by atoms with Crippen molar-refractivity contribution in [2.45, 2.75) is 12.6 Å². The van der Waals surface area contributed by atoms with E-state index in [1.54, 1.807) is 13.0 Å². The van der Waals surface area contributed by atoms with E-state index in [-0.39, 0.29) is 43.5 Å². The SMILES string of the molecule is CC1(c2nc3c([N+](=O)[O-])c(Cl)ccc3[nH]2)N=c2ccc(Cl)c([N+](=O)[O-])c2=N1. The molecule has 1 atom stereocenters. The van der Waals surface area contributed by atoms with E-state index in [1.807, 2.05) is 0 Å². The molecule has 0 aliphatic carbocycles. The molecule has 2 heterocycles. The molecule has 0 radical (unpaired) electrons. The average molecular weight is 407 g/mol. The zero-order valence-corrected chi connectivity index (χ0v) is 14.9. The van der Waals surface area contributed by atoms with Crippen molar-refractivity contribution in [2.75, 3.05) is 0 Å². The number of benzene rings is 2. The summed E-state index contributed by atoms with van der Waals surface area (Å²) in [6.45, 7) is 1.58. The van der Waals surface area contributed by atoms with Crippen molar-refractivity contribution in [3.63, 3.8) is 0 Å². The van der Waals surface area contributed by atoms with Gasteiger partial charge in [-0.3, -0.25) is 20.2 Å². The molecule has 2 aromatic carbocycles. The minimum Gasteiger partial charge on any atom is -0.338 e. The number of nitrogens with zero attached hydrogens (tertiary/aromatic N) is 5. The van der Waals surface area contributed by atoms with E-state index in [1.165, 1.54) is 18.2 Å². The highest BCUT2D eigenvalue weighted by Crippen LogP contribution is 2.35. The van der Waals surface area contributed by atoms with Crippen LogP contribution >= 0.6 is 23.2 Å². The minimum absolute atomic E-state index is 0.0305. The third-order valence-electron chi connectivity index (χ3n) is 4.14. The fourth-order valence-corrected chi connectivity index (χ4v) is 3.38. The molecular formula is C15H8Cl2N6O4. The number of nitrogens with one attached hydrogen (secondary N) is 1. The molecule has 12 heteroatoms. The second kappa shape index (κ2) is 5.69. The zero-order chi connectivity index (χ0) is 19.5. The van der Waals surface area contributed by atoms with E-state index in [0.29, 0.717) is 5.52 Å². The Kier molecular flexibility index (Phi) is 3.65. The number of nitro groups is 2. The summed E-state index contributed by atoms with van der Waals surface area (Å²) in [4.78, 5) is 37.3. The molecular weight excluding hydrogens is 399 g/mol. The van der Waals surface area contributed by atoms with Crippen LogP contribution in [0.1, 0.15) is 12.7 Å². The number of nitro benzene ring substituents is 2. The fourth-order valence-electron chi connectivity index (χ4n) is 2.94. The number of hydrogen-bond acceptors (Lipinski definition) is 7. The first-order chi connectivity index (χ1) is 12.7. The third-order valence-corrected chi connectivity index (χ3v) is 4.75. The number of halogens is 2. The first kappa shape index (κ1) is 17.3. The molecule has 1 unspecified atom stereocenters. The zero-order valence-electron chi connectivity index (χ0n) is 13.4. The summed E-state index contributed by atoms with van der Waals surface area (Å²) in [6.07, 6.45) is 0. The Balaban J connectivity index is 1.98.